The number of likely N-dealkylation sites (tertiary alicyclic amines) is 1. The van der Waals surface area contributed by atoms with Crippen molar-refractivity contribution in [3.8, 4) is 0 Å². The van der Waals surface area contributed by atoms with Gasteiger partial charge in [-0.3, -0.25) is 0 Å². The quantitative estimate of drug-likeness (QED) is 0.631. The van der Waals surface area contributed by atoms with E-state index in [4.69, 9.17) is 4.74 Å². The Labute approximate surface area is 80.4 Å². The van der Waals surface area contributed by atoms with Gasteiger partial charge in [-0.25, -0.2) is 0 Å². The molecular formula is C10H20N2O. The van der Waals surface area contributed by atoms with Crippen molar-refractivity contribution >= 4 is 0 Å². The molecule has 2 heterocycles. The topological polar surface area (TPSA) is 24.5 Å². The second-order valence-electron chi connectivity index (χ2n) is 4.13. The maximum atomic E-state index is 5.36. The summed E-state index contributed by atoms with van der Waals surface area (Å²) in [6.45, 7) is 9.97. The number of hydrogen-bond acceptors (Lipinski definition) is 3. The largest absolute Gasteiger partial charge is 0.380 e. The predicted molar refractivity (Wildman–Crippen MR) is 52.8 cm³/mol. The summed E-state index contributed by atoms with van der Waals surface area (Å²) in [5, 5.41) is 3.45. The third-order valence-electron chi connectivity index (χ3n) is 3.22. The molecule has 13 heavy (non-hydrogen) atoms. The molecule has 3 heteroatoms. The normalized spacial score (nSPS) is 33.9. The van der Waals surface area contributed by atoms with Crippen LogP contribution in [0.1, 0.15) is 6.92 Å². The lowest BCUT2D eigenvalue weighted by Crippen LogP contribution is -2.28. The summed E-state index contributed by atoms with van der Waals surface area (Å²) in [6, 6.07) is 0. The van der Waals surface area contributed by atoms with Gasteiger partial charge in [-0.2, -0.15) is 0 Å². The van der Waals surface area contributed by atoms with E-state index in [-0.39, 0.29) is 0 Å². The molecule has 2 saturated heterocycles. The van der Waals surface area contributed by atoms with E-state index < -0.39 is 0 Å². The van der Waals surface area contributed by atoms with Gasteiger partial charge in [0.15, 0.2) is 0 Å². The van der Waals surface area contributed by atoms with E-state index in [2.05, 4.69) is 17.1 Å². The Hall–Kier alpha value is -0.120. The Morgan fingerprint density at radius 3 is 2.62 bits per heavy atom. The van der Waals surface area contributed by atoms with E-state index in [9.17, 15) is 0 Å². The monoisotopic (exact) mass is 184 g/mol. The molecule has 0 spiro atoms. The molecule has 0 aliphatic carbocycles. The summed E-state index contributed by atoms with van der Waals surface area (Å²) in [5.41, 5.74) is 0. The second kappa shape index (κ2) is 4.40. The van der Waals surface area contributed by atoms with Crippen molar-refractivity contribution in [2.75, 3.05) is 45.9 Å². The Balaban J connectivity index is 1.67. The van der Waals surface area contributed by atoms with Crippen molar-refractivity contribution in [1.82, 2.24) is 10.2 Å². The number of nitrogens with zero attached hydrogens (tertiary/aromatic N) is 1. The average Bonchev–Trinajstić information content (AvgIpc) is 2.64. The van der Waals surface area contributed by atoms with Crippen LogP contribution in [-0.2, 0) is 4.74 Å². The Bertz CT molecular complexity index is 151. The highest BCUT2D eigenvalue weighted by atomic mass is 16.5. The van der Waals surface area contributed by atoms with E-state index >= 15 is 0 Å². The van der Waals surface area contributed by atoms with Crippen LogP contribution in [0.5, 0.6) is 0 Å². The molecule has 2 rings (SSSR count). The highest BCUT2D eigenvalue weighted by molar-refractivity contribution is 4.90. The molecule has 1 N–H and O–H groups in total. The summed E-state index contributed by atoms with van der Waals surface area (Å²) < 4.78 is 5.36. The molecule has 2 unspecified atom stereocenters. The van der Waals surface area contributed by atoms with Crippen molar-refractivity contribution < 1.29 is 4.74 Å². The minimum Gasteiger partial charge on any atom is -0.380 e. The van der Waals surface area contributed by atoms with E-state index in [0.717, 1.165) is 31.6 Å². The van der Waals surface area contributed by atoms with Gasteiger partial charge in [-0.1, -0.05) is 0 Å². The van der Waals surface area contributed by atoms with Gasteiger partial charge in [0.2, 0.25) is 0 Å². The fourth-order valence-corrected chi connectivity index (χ4v) is 2.47. The number of nitrogens with one attached hydrogen (secondary N) is 1. The molecule has 0 bridgehead atoms. The van der Waals surface area contributed by atoms with Gasteiger partial charge in [0, 0.05) is 26.2 Å². The molecule has 0 amide bonds. The van der Waals surface area contributed by atoms with Crippen LogP contribution < -0.4 is 5.32 Å². The summed E-state index contributed by atoms with van der Waals surface area (Å²) in [4.78, 5) is 2.55. The molecule has 2 aliphatic heterocycles. The first-order valence-electron chi connectivity index (χ1n) is 5.41. The van der Waals surface area contributed by atoms with Crippen LogP contribution in [0, 0.1) is 11.8 Å². The summed E-state index contributed by atoms with van der Waals surface area (Å²) >= 11 is 0. The van der Waals surface area contributed by atoms with Gasteiger partial charge in [0.05, 0.1) is 6.61 Å². The predicted octanol–water partition coefficient (Wildman–Crippen LogP) is 0.174. The van der Waals surface area contributed by atoms with Crippen molar-refractivity contribution in [2.24, 2.45) is 11.8 Å². The summed E-state index contributed by atoms with van der Waals surface area (Å²) in [5.74, 6) is 1.84. The van der Waals surface area contributed by atoms with Crippen molar-refractivity contribution in [2.45, 2.75) is 6.92 Å². The Morgan fingerprint density at radius 1 is 1.31 bits per heavy atom. The molecule has 2 aliphatic rings. The second-order valence-corrected chi connectivity index (χ2v) is 4.13. The summed E-state index contributed by atoms with van der Waals surface area (Å²) in [7, 11) is 0. The third-order valence-corrected chi connectivity index (χ3v) is 3.22. The minimum absolute atomic E-state index is 0.849. The molecule has 0 aromatic carbocycles. The van der Waals surface area contributed by atoms with E-state index in [1.165, 1.54) is 26.2 Å². The Morgan fingerprint density at radius 2 is 2.00 bits per heavy atom. The van der Waals surface area contributed by atoms with Crippen LogP contribution in [0.2, 0.25) is 0 Å². The lowest BCUT2D eigenvalue weighted by atomic mass is 10.0. The molecule has 76 valence electrons. The standard InChI is InChI=1S/C10H20N2O/c1-2-13-4-3-12-7-9-5-11-6-10(9)8-12/h9-11H,2-8H2,1H3. The van der Waals surface area contributed by atoms with E-state index in [1.54, 1.807) is 0 Å². The number of ether oxygens (including phenoxy) is 1. The maximum absolute atomic E-state index is 5.36. The molecule has 0 radical (unpaired) electrons. The molecule has 2 fully saturated rings. The van der Waals surface area contributed by atoms with Crippen LogP contribution in [0.3, 0.4) is 0 Å². The lowest BCUT2D eigenvalue weighted by Gasteiger charge is -2.16. The highest BCUT2D eigenvalue weighted by Gasteiger charge is 2.35. The van der Waals surface area contributed by atoms with Gasteiger partial charge < -0.3 is 15.0 Å². The zero-order chi connectivity index (χ0) is 9.10. The van der Waals surface area contributed by atoms with E-state index in [1.807, 2.05) is 0 Å². The molecule has 0 aromatic heterocycles. The van der Waals surface area contributed by atoms with Crippen molar-refractivity contribution in [3.63, 3.8) is 0 Å². The summed E-state index contributed by atoms with van der Waals surface area (Å²) in [6.07, 6.45) is 0. The fourth-order valence-electron chi connectivity index (χ4n) is 2.47. The molecular weight excluding hydrogens is 164 g/mol. The van der Waals surface area contributed by atoms with Crippen LogP contribution in [-0.4, -0.2) is 50.8 Å². The van der Waals surface area contributed by atoms with E-state index in [0.29, 0.717) is 0 Å². The number of rotatable bonds is 4. The van der Waals surface area contributed by atoms with Gasteiger partial charge in [-0.05, 0) is 31.8 Å². The van der Waals surface area contributed by atoms with Crippen LogP contribution >= 0.6 is 0 Å². The highest BCUT2D eigenvalue weighted by Crippen LogP contribution is 2.25. The fraction of sp³-hybridized carbons (Fsp3) is 1.00. The number of fused-ring (bicyclic) bond motifs is 1. The van der Waals surface area contributed by atoms with Crippen LogP contribution in [0.15, 0.2) is 0 Å². The zero-order valence-corrected chi connectivity index (χ0v) is 8.46. The van der Waals surface area contributed by atoms with Crippen LogP contribution in [0.25, 0.3) is 0 Å². The maximum Gasteiger partial charge on any atom is 0.0593 e. The van der Waals surface area contributed by atoms with Gasteiger partial charge in [0.25, 0.3) is 0 Å². The molecule has 0 aromatic rings. The van der Waals surface area contributed by atoms with Gasteiger partial charge in [-0.15, -0.1) is 0 Å². The first-order valence-corrected chi connectivity index (χ1v) is 5.41. The third kappa shape index (κ3) is 2.22. The minimum atomic E-state index is 0.849. The lowest BCUT2D eigenvalue weighted by molar-refractivity contribution is 0.119. The van der Waals surface area contributed by atoms with Gasteiger partial charge in [0.1, 0.15) is 0 Å². The molecule has 0 saturated carbocycles. The Kier molecular flexibility index (Phi) is 3.19. The average molecular weight is 184 g/mol. The van der Waals surface area contributed by atoms with Crippen molar-refractivity contribution in [3.05, 3.63) is 0 Å². The number of hydrogen-bond donors (Lipinski definition) is 1. The molecule has 2 atom stereocenters. The first-order chi connectivity index (χ1) is 6.40. The van der Waals surface area contributed by atoms with Gasteiger partial charge >= 0.3 is 0 Å². The van der Waals surface area contributed by atoms with Crippen LogP contribution in [0.4, 0.5) is 0 Å². The first kappa shape index (κ1) is 9.44. The zero-order valence-electron chi connectivity index (χ0n) is 8.46. The smallest absolute Gasteiger partial charge is 0.0593 e. The SMILES string of the molecule is CCOCCN1CC2CNCC2C1. The van der Waals surface area contributed by atoms with Crippen molar-refractivity contribution in [1.29, 1.82) is 0 Å². The molecule has 3 nitrogen and oxygen atoms in total.